The van der Waals surface area contributed by atoms with Crippen molar-refractivity contribution in [2.24, 2.45) is 0 Å². The number of carbonyl (C=O) groups excluding carboxylic acids is 1. The third kappa shape index (κ3) is 3.52. The first-order valence-electron chi connectivity index (χ1n) is 7.41. The van der Waals surface area contributed by atoms with E-state index in [1.807, 2.05) is 43.0 Å². The van der Waals surface area contributed by atoms with Crippen LogP contribution in [0.2, 0.25) is 10.0 Å². The summed E-state index contributed by atoms with van der Waals surface area (Å²) < 4.78 is 0. The lowest BCUT2D eigenvalue weighted by atomic mass is 10.1. The molecular formula is C18H17Cl2NOS. The van der Waals surface area contributed by atoms with Gasteiger partial charge in [0.15, 0.2) is 0 Å². The number of hydrogen-bond donors (Lipinski definition) is 0. The molecule has 5 heteroatoms. The average molecular weight is 366 g/mol. The SMILES string of the molecule is Cc1cc(C)cc(C(=O)N2CCSC2c2ccc(Cl)cc2Cl)c1. The van der Waals surface area contributed by atoms with E-state index in [-0.39, 0.29) is 11.3 Å². The van der Waals surface area contributed by atoms with Crippen LogP contribution < -0.4 is 0 Å². The predicted octanol–water partition coefficient (Wildman–Crippen LogP) is 5.50. The maximum atomic E-state index is 13.0. The molecule has 1 aliphatic rings. The van der Waals surface area contributed by atoms with Gasteiger partial charge in [0.25, 0.3) is 5.91 Å². The highest BCUT2D eigenvalue weighted by molar-refractivity contribution is 7.99. The minimum absolute atomic E-state index is 0.0535. The number of thioether (sulfide) groups is 1. The molecule has 0 aliphatic carbocycles. The second-order valence-corrected chi connectivity index (χ2v) is 7.80. The van der Waals surface area contributed by atoms with Crippen molar-refractivity contribution in [1.82, 2.24) is 4.90 Å². The molecule has 23 heavy (non-hydrogen) atoms. The Balaban J connectivity index is 1.93. The first-order chi connectivity index (χ1) is 11.0. The van der Waals surface area contributed by atoms with Gasteiger partial charge in [-0.25, -0.2) is 0 Å². The minimum atomic E-state index is -0.0620. The molecule has 0 N–H and O–H groups in total. The molecule has 1 fully saturated rings. The van der Waals surface area contributed by atoms with E-state index >= 15 is 0 Å². The van der Waals surface area contributed by atoms with E-state index in [9.17, 15) is 4.79 Å². The molecule has 0 bridgehead atoms. The third-order valence-electron chi connectivity index (χ3n) is 3.85. The van der Waals surface area contributed by atoms with Gasteiger partial charge >= 0.3 is 0 Å². The predicted molar refractivity (Wildman–Crippen MR) is 98.6 cm³/mol. The summed E-state index contributed by atoms with van der Waals surface area (Å²) in [6.45, 7) is 4.74. The van der Waals surface area contributed by atoms with Gasteiger partial charge in [-0.2, -0.15) is 0 Å². The number of nitrogens with zero attached hydrogens (tertiary/aromatic N) is 1. The second kappa shape index (κ2) is 6.76. The molecule has 2 aromatic rings. The highest BCUT2D eigenvalue weighted by Crippen LogP contribution is 2.42. The second-order valence-electron chi connectivity index (χ2n) is 5.76. The number of halogens is 2. The van der Waals surface area contributed by atoms with Gasteiger partial charge in [-0.15, -0.1) is 11.8 Å². The molecule has 0 saturated carbocycles. The fourth-order valence-electron chi connectivity index (χ4n) is 2.90. The molecule has 1 atom stereocenters. The molecular weight excluding hydrogens is 349 g/mol. The van der Waals surface area contributed by atoms with Crippen LogP contribution in [0.1, 0.15) is 32.4 Å². The largest absolute Gasteiger partial charge is 0.322 e. The van der Waals surface area contributed by atoms with Crippen molar-refractivity contribution in [3.8, 4) is 0 Å². The summed E-state index contributed by atoms with van der Waals surface area (Å²) in [6, 6.07) is 11.4. The lowest BCUT2D eigenvalue weighted by Gasteiger charge is -2.25. The fraction of sp³-hybridized carbons (Fsp3) is 0.278. The van der Waals surface area contributed by atoms with Gasteiger partial charge in [0, 0.05) is 33.5 Å². The molecule has 1 unspecified atom stereocenters. The first kappa shape index (κ1) is 16.7. The zero-order valence-electron chi connectivity index (χ0n) is 13.0. The van der Waals surface area contributed by atoms with E-state index in [0.717, 1.165) is 34.6 Å². The molecule has 3 rings (SSSR count). The quantitative estimate of drug-likeness (QED) is 0.700. The molecule has 0 spiro atoms. The van der Waals surface area contributed by atoms with Crippen LogP contribution in [0.4, 0.5) is 0 Å². The van der Waals surface area contributed by atoms with Crippen molar-refractivity contribution in [3.63, 3.8) is 0 Å². The molecule has 1 amide bonds. The molecule has 1 heterocycles. The maximum Gasteiger partial charge on any atom is 0.255 e. The van der Waals surface area contributed by atoms with E-state index in [2.05, 4.69) is 6.07 Å². The van der Waals surface area contributed by atoms with E-state index < -0.39 is 0 Å². The van der Waals surface area contributed by atoms with Crippen LogP contribution in [0.15, 0.2) is 36.4 Å². The van der Waals surface area contributed by atoms with Crippen molar-refractivity contribution in [2.45, 2.75) is 19.2 Å². The number of hydrogen-bond acceptors (Lipinski definition) is 2. The summed E-state index contributed by atoms with van der Waals surface area (Å²) in [4.78, 5) is 14.9. The number of amides is 1. The Morgan fingerprint density at radius 1 is 1.13 bits per heavy atom. The van der Waals surface area contributed by atoms with Gasteiger partial charge in [-0.05, 0) is 38.1 Å². The fourth-order valence-corrected chi connectivity index (χ4v) is 4.77. The smallest absolute Gasteiger partial charge is 0.255 e. The Morgan fingerprint density at radius 2 is 1.83 bits per heavy atom. The Labute approximate surface area is 150 Å². The van der Waals surface area contributed by atoms with Crippen molar-refractivity contribution < 1.29 is 4.79 Å². The van der Waals surface area contributed by atoms with Gasteiger partial charge in [0.05, 0.1) is 0 Å². The average Bonchev–Trinajstić information content (AvgIpc) is 2.94. The number of benzene rings is 2. The molecule has 1 saturated heterocycles. The van der Waals surface area contributed by atoms with E-state index in [0.29, 0.717) is 10.0 Å². The summed E-state index contributed by atoms with van der Waals surface area (Å²) in [5, 5.41) is 1.15. The molecule has 1 aliphatic heterocycles. The Morgan fingerprint density at radius 3 is 2.48 bits per heavy atom. The van der Waals surface area contributed by atoms with Gasteiger partial charge in [-0.1, -0.05) is 46.5 Å². The van der Waals surface area contributed by atoms with Crippen molar-refractivity contribution >= 4 is 40.9 Å². The summed E-state index contributed by atoms with van der Waals surface area (Å²) in [5.41, 5.74) is 3.87. The van der Waals surface area contributed by atoms with Crippen molar-refractivity contribution in [1.29, 1.82) is 0 Å². The lowest BCUT2D eigenvalue weighted by Crippen LogP contribution is -2.30. The van der Waals surface area contributed by atoms with Crippen LogP contribution in [0.25, 0.3) is 0 Å². The van der Waals surface area contributed by atoms with Crippen LogP contribution >= 0.6 is 35.0 Å². The zero-order valence-corrected chi connectivity index (χ0v) is 15.3. The standard InChI is InChI=1S/C18H17Cl2NOS/c1-11-7-12(2)9-13(8-11)17(22)21-5-6-23-18(21)15-4-3-14(19)10-16(15)20/h3-4,7-10,18H,5-6H2,1-2H3. The van der Waals surface area contributed by atoms with Crippen molar-refractivity contribution in [2.75, 3.05) is 12.3 Å². The van der Waals surface area contributed by atoms with Crippen LogP contribution in [-0.4, -0.2) is 23.1 Å². The molecule has 0 radical (unpaired) electrons. The number of aryl methyl sites for hydroxylation is 2. The Bertz CT molecular complexity index is 742. The Hall–Kier alpha value is -1.16. The summed E-state index contributed by atoms with van der Waals surface area (Å²) in [5.74, 6) is 0.956. The molecule has 0 aromatic heterocycles. The van der Waals surface area contributed by atoms with Crippen LogP contribution in [0.3, 0.4) is 0 Å². The monoisotopic (exact) mass is 365 g/mol. The number of rotatable bonds is 2. The zero-order chi connectivity index (χ0) is 16.6. The van der Waals surface area contributed by atoms with Gasteiger partial charge < -0.3 is 4.90 Å². The van der Waals surface area contributed by atoms with E-state index in [1.54, 1.807) is 17.8 Å². The summed E-state index contributed by atoms with van der Waals surface area (Å²) >= 11 is 14.1. The van der Waals surface area contributed by atoms with Gasteiger partial charge in [-0.3, -0.25) is 4.79 Å². The van der Waals surface area contributed by atoms with Crippen LogP contribution in [0.5, 0.6) is 0 Å². The highest BCUT2D eigenvalue weighted by Gasteiger charge is 2.32. The topological polar surface area (TPSA) is 20.3 Å². The van der Waals surface area contributed by atoms with Crippen LogP contribution in [0, 0.1) is 13.8 Å². The van der Waals surface area contributed by atoms with Crippen molar-refractivity contribution in [3.05, 3.63) is 68.7 Å². The van der Waals surface area contributed by atoms with Gasteiger partial charge in [0.1, 0.15) is 5.37 Å². The normalized spacial score (nSPS) is 17.6. The number of carbonyl (C=O) groups is 1. The lowest BCUT2D eigenvalue weighted by molar-refractivity contribution is 0.0760. The molecule has 2 aromatic carbocycles. The molecule has 2 nitrogen and oxygen atoms in total. The highest BCUT2D eigenvalue weighted by atomic mass is 35.5. The summed E-state index contributed by atoms with van der Waals surface area (Å²) in [6.07, 6.45) is 0. The maximum absolute atomic E-state index is 13.0. The minimum Gasteiger partial charge on any atom is -0.322 e. The molecule has 120 valence electrons. The van der Waals surface area contributed by atoms with E-state index in [4.69, 9.17) is 23.2 Å². The van der Waals surface area contributed by atoms with Gasteiger partial charge in [0.2, 0.25) is 0 Å². The Kier molecular flexibility index (Phi) is 4.90. The summed E-state index contributed by atoms with van der Waals surface area (Å²) in [7, 11) is 0. The van der Waals surface area contributed by atoms with Crippen LogP contribution in [-0.2, 0) is 0 Å². The third-order valence-corrected chi connectivity index (χ3v) is 5.65. The first-order valence-corrected chi connectivity index (χ1v) is 9.22. The van der Waals surface area contributed by atoms with E-state index in [1.165, 1.54) is 0 Å².